The van der Waals surface area contributed by atoms with E-state index >= 15 is 0 Å². The van der Waals surface area contributed by atoms with Gasteiger partial charge < -0.3 is 8.92 Å². The Morgan fingerprint density at radius 1 is 0.810 bits per heavy atom. The lowest BCUT2D eigenvalue weighted by atomic mass is 9.88. The van der Waals surface area contributed by atoms with Crippen molar-refractivity contribution in [2.45, 2.75) is 131 Å². The van der Waals surface area contributed by atoms with Crippen LogP contribution in [0.25, 0.3) is 0 Å². The second kappa shape index (κ2) is 17.5. The summed E-state index contributed by atoms with van der Waals surface area (Å²) < 4.78 is 41.7. The Bertz CT molecular complexity index is 1280. The lowest BCUT2D eigenvalue weighted by molar-refractivity contribution is 0.0571. The molecular formula is C36H54O5S. The van der Waals surface area contributed by atoms with Gasteiger partial charge in [0.05, 0.1) is 0 Å². The molecule has 1 atom stereocenters. The molecule has 0 radical (unpaired) electrons. The van der Waals surface area contributed by atoms with E-state index < -0.39 is 10.4 Å². The fourth-order valence-corrected chi connectivity index (χ4v) is 5.52. The first-order chi connectivity index (χ1) is 19.7. The van der Waals surface area contributed by atoms with Crippen molar-refractivity contribution in [3.05, 3.63) is 82.0 Å². The molecule has 1 unspecified atom stereocenters. The van der Waals surface area contributed by atoms with Crippen molar-refractivity contribution in [1.82, 2.24) is 0 Å². The predicted molar refractivity (Wildman–Crippen MR) is 177 cm³/mol. The van der Waals surface area contributed by atoms with Gasteiger partial charge in [0.2, 0.25) is 0 Å². The van der Waals surface area contributed by atoms with Crippen molar-refractivity contribution >= 4 is 10.4 Å². The monoisotopic (exact) mass is 598 g/mol. The maximum Gasteiger partial charge on any atom is 0.446 e. The third kappa shape index (κ3) is 15.1. The van der Waals surface area contributed by atoms with Gasteiger partial charge in [0.15, 0.2) is 0 Å². The van der Waals surface area contributed by atoms with Gasteiger partial charge >= 0.3 is 10.4 Å². The van der Waals surface area contributed by atoms with E-state index in [4.69, 9.17) is 9.29 Å². The SMILES string of the molecule is CC(C)=CCC/C(C)=C/CC/C(C)=C/CC/C(C)=C/CC/C(C)=C/CCC1(C)CCc2cc(OS(=O)(=O)O)ccc2O1. The zero-order valence-corrected chi connectivity index (χ0v) is 27.9. The molecule has 0 fully saturated rings. The molecule has 0 aliphatic carbocycles. The van der Waals surface area contributed by atoms with E-state index in [1.54, 1.807) is 12.1 Å². The number of allylic oxidation sites excluding steroid dienone is 10. The average molecular weight is 599 g/mol. The van der Waals surface area contributed by atoms with Gasteiger partial charge in [-0.2, -0.15) is 8.42 Å². The summed E-state index contributed by atoms with van der Waals surface area (Å²) in [5.41, 5.74) is 7.89. The second-order valence-corrected chi connectivity index (χ2v) is 13.5. The quantitative estimate of drug-likeness (QED) is 0.143. The molecule has 0 amide bonds. The summed E-state index contributed by atoms with van der Waals surface area (Å²) >= 11 is 0. The lowest BCUT2D eigenvalue weighted by Gasteiger charge is -2.36. The van der Waals surface area contributed by atoms with Crippen LogP contribution in [0.15, 0.2) is 76.4 Å². The summed E-state index contributed by atoms with van der Waals surface area (Å²) in [5, 5.41) is 0. The van der Waals surface area contributed by atoms with E-state index in [1.807, 2.05) is 0 Å². The topological polar surface area (TPSA) is 72.8 Å². The van der Waals surface area contributed by atoms with Crippen molar-refractivity contribution in [1.29, 1.82) is 0 Å². The number of aryl methyl sites for hydroxylation is 1. The minimum Gasteiger partial charge on any atom is -0.487 e. The highest BCUT2D eigenvalue weighted by Crippen LogP contribution is 2.37. The zero-order valence-electron chi connectivity index (χ0n) is 27.1. The summed E-state index contributed by atoms with van der Waals surface area (Å²) in [5.74, 6) is 0.841. The molecule has 1 heterocycles. The maximum atomic E-state index is 11.0. The van der Waals surface area contributed by atoms with E-state index in [-0.39, 0.29) is 11.4 Å². The molecule has 1 N–H and O–H groups in total. The van der Waals surface area contributed by atoms with Crippen molar-refractivity contribution in [3.63, 3.8) is 0 Å². The Kier molecular flexibility index (Phi) is 14.9. The molecule has 234 valence electrons. The van der Waals surface area contributed by atoms with Crippen LogP contribution in [-0.2, 0) is 16.8 Å². The second-order valence-electron chi connectivity index (χ2n) is 12.5. The summed E-state index contributed by atoms with van der Waals surface area (Å²) in [4.78, 5) is 0. The van der Waals surface area contributed by atoms with Crippen molar-refractivity contribution in [3.8, 4) is 11.5 Å². The van der Waals surface area contributed by atoms with Gasteiger partial charge in [-0.1, -0.05) is 58.2 Å². The van der Waals surface area contributed by atoms with Crippen molar-refractivity contribution < 1.29 is 21.9 Å². The van der Waals surface area contributed by atoms with Crippen LogP contribution in [0, 0.1) is 0 Å². The first kappa shape index (κ1) is 35.6. The van der Waals surface area contributed by atoms with Crippen LogP contribution in [0.3, 0.4) is 0 Å². The Morgan fingerprint density at radius 2 is 1.29 bits per heavy atom. The summed E-state index contributed by atoms with van der Waals surface area (Å²) in [7, 11) is -4.53. The number of rotatable bonds is 17. The van der Waals surface area contributed by atoms with Crippen molar-refractivity contribution in [2.75, 3.05) is 0 Å². The highest BCUT2D eigenvalue weighted by atomic mass is 32.3. The molecule has 2 rings (SSSR count). The maximum absolute atomic E-state index is 11.0. The van der Waals surface area contributed by atoms with Gasteiger partial charge in [-0.15, -0.1) is 0 Å². The molecule has 42 heavy (non-hydrogen) atoms. The minimum absolute atomic E-state index is 0.0952. The third-order valence-electron chi connectivity index (χ3n) is 7.86. The Labute approximate surface area is 256 Å². The van der Waals surface area contributed by atoms with Crippen LogP contribution >= 0.6 is 0 Å². The van der Waals surface area contributed by atoms with Gasteiger partial charge in [0.1, 0.15) is 17.1 Å². The molecule has 1 aliphatic heterocycles. The highest BCUT2D eigenvalue weighted by molar-refractivity contribution is 7.81. The number of hydrogen-bond donors (Lipinski definition) is 1. The molecule has 1 aromatic rings. The van der Waals surface area contributed by atoms with E-state index in [0.29, 0.717) is 0 Å². The van der Waals surface area contributed by atoms with Crippen LogP contribution in [0.4, 0.5) is 0 Å². The average Bonchev–Trinajstić information content (AvgIpc) is 2.87. The fraction of sp³-hybridized carbons (Fsp3) is 0.556. The van der Waals surface area contributed by atoms with E-state index in [9.17, 15) is 8.42 Å². The molecule has 5 nitrogen and oxygen atoms in total. The molecule has 6 heteroatoms. The van der Waals surface area contributed by atoms with Crippen LogP contribution in [0.1, 0.15) is 125 Å². The molecular weight excluding hydrogens is 544 g/mol. The lowest BCUT2D eigenvalue weighted by Crippen LogP contribution is -2.36. The van der Waals surface area contributed by atoms with Gasteiger partial charge in [-0.3, -0.25) is 4.55 Å². The standard InChI is InChI=1S/C36H54O5S/c1-28(2)13-8-14-29(3)15-9-16-30(4)17-10-18-31(5)19-11-20-32(6)21-12-25-36(7)26-24-33-27-34(41-42(37,38)39)22-23-35(33)40-36/h13,15,17,19,21-23,27H,8-12,14,16,18,20,24-26H2,1-7H3,(H,37,38,39)/b29-15+,30-17+,31-19+,32-21+. The number of hydrogen-bond acceptors (Lipinski definition) is 4. The highest BCUT2D eigenvalue weighted by Gasteiger charge is 2.31. The molecule has 0 spiro atoms. The van der Waals surface area contributed by atoms with Crippen LogP contribution in [0.5, 0.6) is 11.5 Å². The molecule has 1 aliphatic rings. The minimum atomic E-state index is -4.53. The summed E-state index contributed by atoms with van der Waals surface area (Å²) in [6.45, 7) is 15.4. The van der Waals surface area contributed by atoms with Gasteiger partial charge in [-0.05, 0) is 149 Å². The summed E-state index contributed by atoms with van der Waals surface area (Å²) in [6.07, 6.45) is 24.3. The first-order valence-electron chi connectivity index (χ1n) is 15.5. The Balaban J connectivity index is 1.68. The molecule has 0 aromatic heterocycles. The summed E-state index contributed by atoms with van der Waals surface area (Å²) in [6, 6.07) is 4.84. The molecule has 0 bridgehead atoms. The van der Waals surface area contributed by atoms with Crippen LogP contribution in [0.2, 0.25) is 0 Å². The van der Waals surface area contributed by atoms with E-state index in [0.717, 1.165) is 81.9 Å². The van der Waals surface area contributed by atoms with E-state index in [1.165, 1.54) is 40.4 Å². The third-order valence-corrected chi connectivity index (χ3v) is 8.27. The Morgan fingerprint density at radius 3 is 1.76 bits per heavy atom. The fourth-order valence-electron chi connectivity index (χ4n) is 5.18. The largest absolute Gasteiger partial charge is 0.487 e. The van der Waals surface area contributed by atoms with Gasteiger partial charge in [0, 0.05) is 0 Å². The number of ether oxygens (including phenoxy) is 1. The van der Waals surface area contributed by atoms with Gasteiger partial charge in [0.25, 0.3) is 0 Å². The number of fused-ring (bicyclic) bond motifs is 1. The predicted octanol–water partition coefficient (Wildman–Crippen LogP) is 10.6. The molecule has 0 saturated carbocycles. The zero-order chi connectivity index (χ0) is 31.2. The Hall–Kier alpha value is -2.57. The normalized spacial score (nSPS) is 18.4. The number of benzene rings is 1. The van der Waals surface area contributed by atoms with E-state index in [2.05, 4.69) is 83.0 Å². The first-order valence-corrected chi connectivity index (χ1v) is 16.9. The molecule has 0 saturated heterocycles. The van der Waals surface area contributed by atoms with Gasteiger partial charge in [-0.25, -0.2) is 0 Å². The van der Waals surface area contributed by atoms with Crippen LogP contribution < -0.4 is 8.92 Å². The van der Waals surface area contributed by atoms with Crippen LogP contribution in [-0.4, -0.2) is 18.6 Å². The van der Waals surface area contributed by atoms with Crippen molar-refractivity contribution in [2.24, 2.45) is 0 Å². The smallest absolute Gasteiger partial charge is 0.446 e. The molecule has 1 aromatic carbocycles.